The normalized spacial score (nSPS) is 20.2. The van der Waals surface area contributed by atoms with Crippen LogP contribution in [0.2, 0.25) is 0 Å². The van der Waals surface area contributed by atoms with Crippen molar-refractivity contribution in [2.24, 2.45) is 0 Å². The number of fused-ring (bicyclic) bond motifs is 1. The number of hydrogen-bond donors (Lipinski definition) is 1. The highest BCUT2D eigenvalue weighted by Gasteiger charge is 2.29. The Morgan fingerprint density at radius 2 is 2.04 bits per heavy atom. The molecule has 1 fully saturated rings. The van der Waals surface area contributed by atoms with Crippen LogP contribution in [0.5, 0.6) is 5.75 Å². The standard InChI is InChI=1S/C21H25N5O/c1-14-9-15(12-22)10-19(27)20(14)18-11-16-5-3-8-26(21(16)24-23-18)17-6-4-7-25(2)13-17/h9-11,17,27H,3-8,13H2,1-2H3. The first-order chi connectivity index (χ1) is 13.1. The number of hydrogen-bond acceptors (Lipinski definition) is 6. The van der Waals surface area contributed by atoms with Gasteiger partial charge in [0.1, 0.15) is 5.75 Å². The van der Waals surface area contributed by atoms with Gasteiger partial charge in [-0.3, -0.25) is 0 Å². The van der Waals surface area contributed by atoms with E-state index in [0.717, 1.165) is 37.3 Å². The molecule has 1 aromatic carbocycles. The summed E-state index contributed by atoms with van der Waals surface area (Å²) in [4.78, 5) is 4.82. The molecule has 1 unspecified atom stereocenters. The SMILES string of the molecule is Cc1cc(C#N)cc(O)c1-c1cc2c(nn1)N(C1CCCN(C)C1)CCC2. The minimum atomic E-state index is 0.0855. The van der Waals surface area contributed by atoms with Crippen LogP contribution in [0.25, 0.3) is 11.3 Å². The molecular weight excluding hydrogens is 338 g/mol. The van der Waals surface area contributed by atoms with Crippen LogP contribution in [0.15, 0.2) is 18.2 Å². The number of aryl methyl sites for hydroxylation is 2. The number of likely N-dealkylation sites (tertiary alicyclic amines) is 1. The van der Waals surface area contributed by atoms with Crippen LogP contribution >= 0.6 is 0 Å². The summed E-state index contributed by atoms with van der Waals surface area (Å²) < 4.78 is 0. The molecule has 1 atom stereocenters. The van der Waals surface area contributed by atoms with Crippen molar-refractivity contribution < 1.29 is 5.11 Å². The molecule has 2 aliphatic rings. The van der Waals surface area contributed by atoms with Gasteiger partial charge in [0.2, 0.25) is 0 Å². The highest BCUT2D eigenvalue weighted by atomic mass is 16.3. The van der Waals surface area contributed by atoms with Gasteiger partial charge >= 0.3 is 0 Å². The molecule has 4 rings (SSSR count). The van der Waals surface area contributed by atoms with Gasteiger partial charge in [-0.15, -0.1) is 10.2 Å². The van der Waals surface area contributed by atoms with Crippen LogP contribution in [-0.4, -0.2) is 52.9 Å². The lowest BCUT2D eigenvalue weighted by Gasteiger charge is -2.41. The molecule has 0 aliphatic carbocycles. The number of aromatic nitrogens is 2. The lowest BCUT2D eigenvalue weighted by Crippen LogP contribution is -2.49. The average Bonchev–Trinajstić information content (AvgIpc) is 2.66. The van der Waals surface area contributed by atoms with Crippen molar-refractivity contribution in [1.82, 2.24) is 15.1 Å². The summed E-state index contributed by atoms with van der Waals surface area (Å²) in [6.07, 6.45) is 4.50. The number of anilines is 1. The van der Waals surface area contributed by atoms with Gasteiger partial charge in [0.25, 0.3) is 0 Å². The number of phenols is 1. The van der Waals surface area contributed by atoms with E-state index < -0.39 is 0 Å². The Kier molecular flexibility index (Phi) is 4.71. The molecule has 1 saturated heterocycles. The Morgan fingerprint density at radius 1 is 1.19 bits per heavy atom. The molecule has 6 nitrogen and oxygen atoms in total. The smallest absolute Gasteiger partial charge is 0.154 e. The van der Waals surface area contributed by atoms with E-state index in [0.29, 0.717) is 22.9 Å². The Bertz CT molecular complexity index is 881. The van der Waals surface area contributed by atoms with Crippen LogP contribution in [0, 0.1) is 18.3 Å². The predicted molar refractivity (Wildman–Crippen MR) is 105 cm³/mol. The predicted octanol–water partition coefficient (Wildman–Crippen LogP) is 2.88. The summed E-state index contributed by atoms with van der Waals surface area (Å²) in [6.45, 7) is 5.15. The molecule has 3 heterocycles. The van der Waals surface area contributed by atoms with Crippen molar-refractivity contribution in [2.75, 3.05) is 31.6 Å². The summed E-state index contributed by atoms with van der Waals surface area (Å²) in [7, 11) is 2.18. The van der Waals surface area contributed by atoms with Crippen LogP contribution < -0.4 is 4.90 Å². The fourth-order valence-corrected chi connectivity index (χ4v) is 4.43. The highest BCUT2D eigenvalue weighted by molar-refractivity contribution is 5.73. The van der Waals surface area contributed by atoms with Gasteiger partial charge < -0.3 is 14.9 Å². The summed E-state index contributed by atoms with van der Waals surface area (Å²) in [5, 5.41) is 28.5. The number of piperidine rings is 1. The zero-order chi connectivity index (χ0) is 19.0. The van der Waals surface area contributed by atoms with Crippen molar-refractivity contribution in [3.05, 3.63) is 34.9 Å². The zero-order valence-corrected chi connectivity index (χ0v) is 15.9. The topological polar surface area (TPSA) is 76.3 Å². The van der Waals surface area contributed by atoms with E-state index >= 15 is 0 Å². The Labute approximate surface area is 160 Å². The number of rotatable bonds is 2. The van der Waals surface area contributed by atoms with Crippen molar-refractivity contribution in [3.63, 3.8) is 0 Å². The number of nitrogens with zero attached hydrogens (tertiary/aromatic N) is 5. The van der Waals surface area contributed by atoms with Crippen LogP contribution in [-0.2, 0) is 6.42 Å². The molecule has 0 amide bonds. The molecule has 1 N–H and O–H groups in total. The van der Waals surface area contributed by atoms with E-state index in [1.54, 1.807) is 6.07 Å². The molecule has 140 valence electrons. The molecule has 6 heteroatoms. The molecule has 0 saturated carbocycles. The second-order valence-corrected chi connectivity index (χ2v) is 7.73. The first-order valence-electron chi connectivity index (χ1n) is 9.62. The maximum absolute atomic E-state index is 10.4. The number of aromatic hydroxyl groups is 1. The second kappa shape index (κ2) is 7.16. The third kappa shape index (κ3) is 3.35. The Balaban J connectivity index is 1.69. The molecular formula is C21H25N5O. The van der Waals surface area contributed by atoms with Gasteiger partial charge in [-0.05, 0) is 75.5 Å². The van der Waals surface area contributed by atoms with E-state index in [4.69, 9.17) is 5.26 Å². The Hall–Kier alpha value is -2.65. The number of nitriles is 1. The highest BCUT2D eigenvalue weighted by Crippen LogP contribution is 2.36. The van der Waals surface area contributed by atoms with E-state index in [2.05, 4.69) is 39.2 Å². The quantitative estimate of drug-likeness (QED) is 0.884. The lowest BCUT2D eigenvalue weighted by molar-refractivity contribution is 0.242. The molecule has 27 heavy (non-hydrogen) atoms. The first kappa shape index (κ1) is 17.7. The maximum atomic E-state index is 10.4. The van der Waals surface area contributed by atoms with Crippen LogP contribution in [0.1, 0.15) is 36.0 Å². The third-order valence-corrected chi connectivity index (χ3v) is 5.71. The second-order valence-electron chi connectivity index (χ2n) is 7.73. The van der Waals surface area contributed by atoms with E-state index in [1.807, 2.05) is 6.92 Å². The van der Waals surface area contributed by atoms with E-state index in [9.17, 15) is 5.11 Å². The number of benzene rings is 1. The molecule has 0 spiro atoms. The largest absolute Gasteiger partial charge is 0.507 e. The summed E-state index contributed by atoms with van der Waals surface area (Å²) in [5.74, 6) is 1.08. The fourth-order valence-electron chi connectivity index (χ4n) is 4.43. The summed E-state index contributed by atoms with van der Waals surface area (Å²) in [5.41, 5.74) is 3.83. The monoisotopic (exact) mass is 363 g/mol. The third-order valence-electron chi connectivity index (χ3n) is 5.71. The van der Waals surface area contributed by atoms with Crippen LogP contribution in [0.3, 0.4) is 0 Å². The average molecular weight is 363 g/mol. The van der Waals surface area contributed by atoms with Gasteiger partial charge in [0.05, 0.1) is 17.3 Å². The number of phenolic OH excluding ortho intramolecular Hbond substituents is 1. The number of likely N-dealkylation sites (N-methyl/N-ethyl adjacent to an activating group) is 1. The zero-order valence-electron chi connectivity index (χ0n) is 15.9. The van der Waals surface area contributed by atoms with Gasteiger partial charge in [-0.2, -0.15) is 5.26 Å². The van der Waals surface area contributed by atoms with Crippen molar-refractivity contribution >= 4 is 5.82 Å². The maximum Gasteiger partial charge on any atom is 0.154 e. The van der Waals surface area contributed by atoms with Crippen LogP contribution in [0.4, 0.5) is 5.82 Å². The summed E-state index contributed by atoms with van der Waals surface area (Å²) in [6, 6.07) is 7.91. The van der Waals surface area contributed by atoms with Gasteiger partial charge in [0, 0.05) is 24.7 Å². The van der Waals surface area contributed by atoms with E-state index in [-0.39, 0.29) is 5.75 Å². The molecule has 2 aliphatic heterocycles. The molecule has 0 bridgehead atoms. The van der Waals surface area contributed by atoms with E-state index in [1.165, 1.54) is 31.0 Å². The first-order valence-corrected chi connectivity index (χ1v) is 9.62. The van der Waals surface area contributed by atoms with Crippen molar-refractivity contribution in [3.8, 4) is 23.1 Å². The molecule has 0 radical (unpaired) electrons. The Morgan fingerprint density at radius 3 is 2.78 bits per heavy atom. The van der Waals surface area contributed by atoms with Gasteiger partial charge in [0.15, 0.2) is 5.82 Å². The lowest BCUT2D eigenvalue weighted by atomic mass is 9.96. The van der Waals surface area contributed by atoms with Crippen molar-refractivity contribution in [2.45, 2.75) is 38.6 Å². The fraction of sp³-hybridized carbons (Fsp3) is 0.476. The minimum absolute atomic E-state index is 0.0855. The minimum Gasteiger partial charge on any atom is -0.507 e. The van der Waals surface area contributed by atoms with Crippen molar-refractivity contribution in [1.29, 1.82) is 5.26 Å². The van der Waals surface area contributed by atoms with Gasteiger partial charge in [-0.1, -0.05) is 0 Å². The molecule has 2 aromatic rings. The van der Waals surface area contributed by atoms with Gasteiger partial charge in [-0.25, -0.2) is 0 Å². The summed E-state index contributed by atoms with van der Waals surface area (Å²) >= 11 is 0. The molecule has 1 aromatic heterocycles.